The van der Waals surface area contributed by atoms with Gasteiger partial charge in [-0.3, -0.25) is 0 Å². The molecule has 0 fully saturated rings. The van der Waals surface area contributed by atoms with E-state index in [-0.39, 0.29) is 0 Å². The van der Waals surface area contributed by atoms with E-state index in [9.17, 15) is 0 Å². The van der Waals surface area contributed by atoms with Crippen LogP contribution in [-0.4, -0.2) is 28.7 Å². The Hall–Kier alpha value is -0.940. The summed E-state index contributed by atoms with van der Waals surface area (Å²) in [5.41, 5.74) is 2.09. The van der Waals surface area contributed by atoms with E-state index in [1.165, 1.54) is 0 Å². The maximum absolute atomic E-state index is 5.32. The molecule has 0 aliphatic heterocycles. The maximum atomic E-state index is 5.32. The second-order valence-corrected chi connectivity index (χ2v) is 4.80. The summed E-state index contributed by atoms with van der Waals surface area (Å²) in [6.45, 7) is 0.924. The number of benzene rings is 1. The molecule has 0 atom stereocenters. The van der Waals surface area contributed by atoms with E-state index in [0.717, 1.165) is 33.9 Å². The fourth-order valence-corrected chi connectivity index (χ4v) is 2.39. The molecule has 2 rings (SSSR count). The largest absolute Gasteiger partial charge is 0.494 e. The van der Waals surface area contributed by atoms with Crippen LogP contribution in [0.25, 0.3) is 11.0 Å². The van der Waals surface area contributed by atoms with Gasteiger partial charge in [0.25, 0.3) is 0 Å². The van der Waals surface area contributed by atoms with E-state index < -0.39 is 0 Å². The summed E-state index contributed by atoms with van der Waals surface area (Å²) in [6.07, 6.45) is 2.10. The zero-order chi connectivity index (χ0) is 11.5. The molecule has 5 heteroatoms. The molecular formula is C11H14N2OS2. The lowest BCUT2D eigenvalue weighted by Crippen LogP contribution is -1.99. The smallest absolute Gasteiger partial charge is 0.178 e. The third-order valence-corrected chi connectivity index (χ3v) is 3.42. The summed E-state index contributed by atoms with van der Waals surface area (Å²) in [5.74, 6) is 1.89. The number of aromatic amines is 1. The Balaban J connectivity index is 2.57. The number of methoxy groups -OCH3 is 1. The monoisotopic (exact) mass is 254 g/mol. The topological polar surface area (TPSA) is 29.9 Å². The minimum Gasteiger partial charge on any atom is -0.494 e. The molecule has 0 spiro atoms. The minimum atomic E-state index is 0.758. The molecule has 16 heavy (non-hydrogen) atoms. The molecule has 0 amide bonds. The van der Waals surface area contributed by atoms with Gasteiger partial charge >= 0.3 is 0 Å². The van der Waals surface area contributed by atoms with Gasteiger partial charge in [-0.15, -0.1) is 0 Å². The molecule has 1 heterocycles. The number of aryl methyl sites for hydroxylation is 1. The molecule has 1 aromatic carbocycles. The van der Waals surface area contributed by atoms with Gasteiger partial charge in [-0.25, -0.2) is 0 Å². The van der Waals surface area contributed by atoms with Crippen molar-refractivity contribution in [1.29, 1.82) is 0 Å². The minimum absolute atomic E-state index is 0.758. The molecule has 0 saturated carbocycles. The van der Waals surface area contributed by atoms with E-state index in [1.807, 2.05) is 23.9 Å². The number of fused-ring (bicyclic) bond motifs is 1. The quantitative estimate of drug-likeness (QED) is 0.850. The zero-order valence-electron chi connectivity index (χ0n) is 9.32. The zero-order valence-corrected chi connectivity index (χ0v) is 11.0. The summed E-state index contributed by atoms with van der Waals surface area (Å²) >= 11 is 7.13. The third-order valence-electron chi connectivity index (χ3n) is 2.51. The van der Waals surface area contributed by atoms with Crippen molar-refractivity contribution in [2.24, 2.45) is 0 Å². The number of nitrogens with one attached hydrogen (secondary N) is 1. The summed E-state index contributed by atoms with van der Waals surface area (Å²) in [4.78, 5) is 3.20. The Bertz CT molecular complexity index is 544. The Kier molecular flexibility index (Phi) is 3.56. The first-order valence-electron chi connectivity index (χ1n) is 5.02. The predicted octanol–water partition coefficient (Wildman–Crippen LogP) is 3.07. The van der Waals surface area contributed by atoms with Crippen LogP contribution in [0.15, 0.2) is 18.2 Å². The van der Waals surface area contributed by atoms with E-state index >= 15 is 0 Å². The van der Waals surface area contributed by atoms with Crippen LogP contribution in [0.5, 0.6) is 5.75 Å². The number of para-hydroxylation sites is 1. The summed E-state index contributed by atoms with van der Waals surface area (Å²) in [5, 5.41) is 0. The van der Waals surface area contributed by atoms with Gasteiger partial charge in [0.1, 0.15) is 11.3 Å². The van der Waals surface area contributed by atoms with Crippen LogP contribution in [0.3, 0.4) is 0 Å². The van der Waals surface area contributed by atoms with Gasteiger partial charge in [-0.05, 0) is 30.6 Å². The molecule has 0 aliphatic rings. The average Bonchev–Trinajstić information content (AvgIpc) is 2.62. The molecule has 1 N–H and O–H groups in total. The van der Waals surface area contributed by atoms with Gasteiger partial charge in [0.2, 0.25) is 0 Å². The number of aromatic nitrogens is 2. The van der Waals surface area contributed by atoms with E-state index in [1.54, 1.807) is 7.11 Å². The van der Waals surface area contributed by atoms with Crippen LogP contribution in [0, 0.1) is 4.77 Å². The second kappa shape index (κ2) is 4.93. The molecule has 0 aliphatic carbocycles. The molecule has 86 valence electrons. The fourth-order valence-electron chi connectivity index (χ4n) is 1.73. The SMILES string of the molecule is COc1cccc2c1[nH]c(=S)n2CCSC. The standard InChI is InChI=1S/C11H14N2OS2/c1-14-9-5-3-4-8-10(9)12-11(15)13(8)6-7-16-2/h3-5H,6-7H2,1-2H3,(H,12,15). The normalized spacial score (nSPS) is 10.9. The highest BCUT2D eigenvalue weighted by atomic mass is 32.2. The lowest BCUT2D eigenvalue weighted by molar-refractivity contribution is 0.419. The third kappa shape index (κ3) is 1.97. The molecule has 0 radical (unpaired) electrons. The lowest BCUT2D eigenvalue weighted by Gasteiger charge is -2.04. The van der Waals surface area contributed by atoms with Gasteiger partial charge in [0.05, 0.1) is 12.6 Å². The second-order valence-electron chi connectivity index (χ2n) is 3.43. The highest BCUT2D eigenvalue weighted by molar-refractivity contribution is 7.98. The number of hydrogen-bond donors (Lipinski definition) is 1. The summed E-state index contributed by atoms with van der Waals surface area (Å²) in [7, 11) is 1.67. The van der Waals surface area contributed by atoms with Crippen molar-refractivity contribution in [1.82, 2.24) is 9.55 Å². The van der Waals surface area contributed by atoms with Crippen molar-refractivity contribution >= 4 is 35.0 Å². The van der Waals surface area contributed by atoms with E-state index in [0.29, 0.717) is 0 Å². The van der Waals surface area contributed by atoms with Crippen LogP contribution < -0.4 is 4.74 Å². The Labute approximate surface area is 104 Å². The van der Waals surface area contributed by atoms with Crippen LogP contribution in [0.2, 0.25) is 0 Å². The molecule has 3 nitrogen and oxygen atoms in total. The number of hydrogen-bond acceptors (Lipinski definition) is 3. The molecule has 0 bridgehead atoms. The van der Waals surface area contributed by atoms with Crippen molar-refractivity contribution in [2.45, 2.75) is 6.54 Å². The van der Waals surface area contributed by atoms with Crippen molar-refractivity contribution in [3.8, 4) is 5.75 Å². The number of ether oxygens (including phenoxy) is 1. The highest BCUT2D eigenvalue weighted by Crippen LogP contribution is 2.24. The first-order valence-corrected chi connectivity index (χ1v) is 6.82. The molecular weight excluding hydrogens is 240 g/mol. The van der Waals surface area contributed by atoms with Crippen molar-refractivity contribution < 1.29 is 4.74 Å². The number of H-pyrrole nitrogens is 1. The van der Waals surface area contributed by atoms with Gasteiger partial charge in [-0.1, -0.05) is 6.07 Å². The van der Waals surface area contributed by atoms with Crippen LogP contribution in [0.1, 0.15) is 0 Å². The van der Waals surface area contributed by atoms with Gasteiger partial charge in [0, 0.05) is 12.3 Å². The predicted molar refractivity (Wildman–Crippen MR) is 72.1 cm³/mol. The number of imidazole rings is 1. The maximum Gasteiger partial charge on any atom is 0.178 e. The lowest BCUT2D eigenvalue weighted by atomic mass is 10.3. The van der Waals surface area contributed by atoms with Crippen molar-refractivity contribution in [3.05, 3.63) is 23.0 Å². The van der Waals surface area contributed by atoms with Gasteiger partial charge in [-0.2, -0.15) is 11.8 Å². The van der Waals surface area contributed by atoms with Gasteiger partial charge < -0.3 is 14.3 Å². The average molecular weight is 254 g/mol. The van der Waals surface area contributed by atoms with Crippen molar-refractivity contribution in [3.63, 3.8) is 0 Å². The van der Waals surface area contributed by atoms with Crippen LogP contribution in [-0.2, 0) is 6.54 Å². The highest BCUT2D eigenvalue weighted by Gasteiger charge is 2.07. The summed E-state index contributed by atoms with van der Waals surface area (Å²) in [6, 6.07) is 5.98. The number of nitrogens with zero attached hydrogens (tertiary/aromatic N) is 1. The Morgan fingerprint density at radius 1 is 1.50 bits per heavy atom. The number of rotatable bonds is 4. The van der Waals surface area contributed by atoms with E-state index in [4.69, 9.17) is 17.0 Å². The Morgan fingerprint density at radius 3 is 3.00 bits per heavy atom. The van der Waals surface area contributed by atoms with Gasteiger partial charge in [0.15, 0.2) is 4.77 Å². The number of thioether (sulfide) groups is 1. The molecule has 0 saturated heterocycles. The molecule has 2 aromatic rings. The Morgan fingerprint density at radius 2 is 2.31 bits per heavy atom. The van der Waals surface area contributed by atoms with Crippen molar-refractivity contribution in [2.75, 3.05) is 19.1 Å². The first-order chi connectivity index (χ1) is 7.77. The summed E-state index contributed by atoms with van der Waals surface area (Å²) < 4.78 is 8.18. The fraction of sp³-hybridized carbons (Fsp3) is 0.364. The van der Waals surface area contributed by atoms with E-state index in [2.05, 4.69) is 21.9 Å². The van der Waals surface area contributed by atoms with Crippen LogP contribution in [0.4, 0.5) is 0 Å². The first kappa shape index (κ1) is 11.5. The molecule has 0 unspecified atom stereocenters. The molecule has 1 aromatic heterocycles. The van der Waals surface area contributed by atoms with Crippen LogP contribution >= 0.6 is 24.0 Å².